The number of hydrogen-bond donors (Lipinski definition) is 3. The Bertz CT molecular complexity index is 917. The lowest BCUT2D eigenvalue weighted by molar-refractivity contribution is 0.311. The van der Waals surface area contributed by atoms with Crippen LogP contribution in [-0.2, 0) is 6.42 Å². The molecule has 0 fully saturated rings. The van der Waals surface area contributed by atoms with Crippen LogP contribution in [0.5, 0.6) is 11.5 Å². The number of rotatable bonds is 7. The smallest absolute Gasteiger partial charge is 0.195 e. The van der Waals surface area contributed by atoms with Gasteiger partial charge in [0.25, 0.3) is 0 Å². The van der Waals surface area contributed by atoms with Gasteiger partial charge in [0, 0.05) is 42.4 Å². The second kappa shape index (κ2) is 8.98. The highest BCUT2D eigenvalue weighted by atomic mass is 16.5. The molecule has 142 valence electrons. The van der Waals surface area contributed by atoms with Crippen LogP contribution in [0.1, 0.15) is 12.5 Å². The number of para-hydroxylation sites is 1. The Morgan fingerprint density at radius 2 is 2.00 bits per heavy atom. The summed E-state index contributed by atoms with van der Waals surface area (Å²) in [5.74, 6) is 2.13. The van der Waals surface area contributed by atoms with Crippen LogP contribution < -0.4 is 20.1 Å². The van der Waals surface area contributed by atoms with Gasteiger partial charge in [-0.25, -0.2) is 0 Å². The van der Waals surface area contributed by atoms with Crippen molar-refractivity contribution in [3.05, 3.63) is 54.2 Å². The number of anilines is 1. The van der Waals surface area contributed by atoms with E-state index in [1.165, 1.54) is 10.9 Å². The molecule has 27 heavy (non-hydrogen) atoms. The first-order valence-electron chi connectivity index (χ1n) is 9.08. The number of nitrogens with zero attached hydrogens (tertiary/aromatic N) is 1. The molecule has 0 atom stereocenters. The lowest BCUT2D eigenvalue weighted by atomic mass is 10.1. The maximum absolute atomic E-state index is 5.63. The number of methoxy groups -OCH3 is 1. The van der Waals surface area contributed by atoms with Gasteiger partial charge < -0.3 is 25.1 Å². The quantitative estimate of drug-likeness (QED) is 0.439. The average molecular weight is 366 g/mol. The molecule has 0 spiro atoms. The number of aromatic nitrogens is 1. The minimum Gasteiger partial charge on any atom is -0.493 e. The van der Waals surface area contributed by atoms with Crippen molar-refractivity contribution >= 4 is 22.5 Å². The van der Waals surface area contributed by atoms with Crippen LogP contribution in [0, 0.1) is 0 Å². The lowest BCUT2D eigenvalue weighted by Gasteiger charge is -2.14. The molecular weight excluding hydrogens is 340 g/mol. The van der Waals surface area contributed by atoms with Crippen molar-refractivity contribution in [2.24, 2.45) is 4.99 Å². The summed E-state index contributed by atoms with van der Waals surface area (Å²) in [5, 5.41) is 7.91. The summed E-state index contributed by atoms with van der Waals surface area (Å²) < 4.78 is 10.9. The van der Waals surface area contributed by atoms with Gasteiger partial charge in [0.2, 0.25) is 0 Å². The molecule has 0 saturated heterocycles. The van der Waals surface area contributed by atoms with Gasteiger partial charge in [0.1, 0.15) is 0 Å². The number of ether oxygens (including phenoxy) is 2. The summed E-state index contributed by atoms with van der Waals surface area (Å²) in [6.07, 6.45) is 2.97. The molecule has 0 saturated carbocycles. The predicted octanol–water partition coefficient (Wildman–Crippen LogP) is 3.81. The van der Waals surface area contributed by atoms with E-state index >= 15 is 0 Å². The minimum atomic E-state index is 0.581. The first-order valence-corrected chi connectivity index (χ1v) is 9.08. The summed E-state index contributed by atoms with van der Waals surface area (Å²) >= 11 is 0. The lowest BCUT2D eigenvalue weighted by Crippen LogP contribution is -2.32. The SMILES string of the molecule is CCOc1cc(NC(=NC)NCCc2c[nH]c3ccccc23)ccc1OC. The number of fused-ring (bicyclic) bond motifs is 1. The van der Waals surface area contributed by atoms with Crippen LogP contribution in [0.4, 0.5) is 5.69 Å². The monoisotopic (exact) mass is 366 g/mol. The predicted molar refractivity (Wildman–Crippen MR) is 111 cm³/mol. The normalized spacial score (nSPS) is 11.4. The number of benzene rings is 2. The van der Waals surface area contributed by atoms with E-state index in [1.54, 1.807) is 14.2 Å². The number of guanidine groups is 1. The Balaban J connectivity index is 1.60. The van der Waals surface area contributed by atoms with E-state index in [9.17, 15) is 0 Å². The highest BCUT2D eigenvalue weighted by Crippen LogP contribution is 2.30. The highest BCUT2D eigenvalue weighted by molar-refractivity contribution is 5.94. The van der Waals surface area contributed by atoms with Crippen LogP contribution in [0.2, 0.25) is 0 Å². The Morgan fingerprint density at radius 3 is 2.78 bits per heavy atom. The van der Waals surface area contributed by atoms with E-state index in [0.29, 0.717) is 24.1 Å². The largest absolute Gasteiger partial charge is 0.493 e. The first kappa shape index (κ1) is 18.6. The molecule has 3 N–H and O–H groups in total. The van der Waals surface area contributed by atoms with Gasteiger partial charge in [-0.05, 0) is 37.1 Å². The molecule has 3 aromatic rings. The maximum Gasteiger partial charge on any atom is 0.195 e. The van der Waals surface area contributed by atoms with Crippen molar-refractivity contribution < 1.29 is 9.47 Å². The molecule has 0 aliphatic rings. The van der Waals surface area contributed by atoms with Crippen LogP contribution in [0.25, 0.3) is 10.9 Å². The molecule has 2 aromatic carbocycles. The maximum atomic E-state index is 5.63. The second-order valence-corrected chi connectivity index (χ2v) is 6.03. The summed E-state index contributed by atoms with van der Waals surface area (Å²) in [7, 11) is 3.39. The molecule has 0 radical (unpaired) electrons. The molecule has 0 aliphatic heterocycles. The topological polar surface area (TPSA) is 70.7 Å². The molecule has 3 rings (SSSR count). The number of nitrogens with one attached hydrogen (secondary N) is 3. The molecule has 1 heterocycles. The van der Waals surface area contributed by atoms with Gasteiger partial charge in [-0.1, -0.05) is 18.2 Å². The number of aromatic amines is 1. The summed E-state index contributed by atoms with van der Waals surface area (Å²) in [5.41, 5.74) is 3.34. The van der Waals surface area contributed by atoms with Gasteiger partial charge >= 0.3 is 0 Å². The van der Waals surface area contributed by atoms with E-state index < -0.39 is 0 Å². The van der Waals surface area contributed by atoms with Crippen molar-refractivity contribution in [3.63, 3.8) is 0 Å². The van der Waals surface area contributed by atoms with Gasteiger partial charge in [0.15, 0.2) is 17.5 Å². The van der Waals surface area contributed by atoms with Crippen molar-refractivity contribution in [1.29, 1.82) is 0 Å². The van der Waals surface area contributed by atoms with Gasteiger partial charge in [-0.2, -0.15) is 0 Å². The third-order valence-electron chi connectivity index (χ3n) is 4.31. The van der Waals surface area contributed by atoms with Crippen molar-refractivity contribution in [3.8, 4) is 11.5 Å². The van der Waals surface area contributed by atoms with E-state index in [0.717, 1.165) is 24.2 Å². The zero-order valence-electron chi connectivity index (χ0n) is 16.0. The van der Waals surface area contributed by atoms with Crippen LogP contribution >= 0.6 is 0 Å². The molecule has 6 nitrogen and oxygen atoms in total. The molecular formula is C21H26N4O2. The molecule has 1 aromatic heterocycles. The van der Waals surface area contributed by atoms with E-state index in [4.69, 9.17) is 9.47 Å². The van der Waals surface area contributed by atoms with Crippen molar-refractivity contribution in [1.82, 2.24) is 10.3 Å². The fourth-order valence-corrected chi connectivity index (χ4v) is 2.99. The highest BCUT2D eigenvalue weighted by Gasteiger charge is 2.07. The van der Waals surface area contributed by atoms with Crippen molar-refractivity contribution in [2.45, 2.75) is 13.3 Å². The first-order chi connectivity index (χ1) is 13.2. The Hall–Kier alpha value is -3.15. The molecule has 0 bridgehead atoms. The van der Waals surface area contributed by atoms with Crippen molar-refractivity contribution in [2.75, 3.05) is 32.6 Å². The van der Waals surface area contributed by atoms with E-state index in [1.807, 2.05) is 31.2 Å². The van der Waals surface area contributed by atoms with Gasteiger partial charge in [0.05, 0.1) is 13.7 Å². The number of aliphatic imine (C=N–C) groups is 1. The molecule has 6 heteroatoms. The average Bonchev–Trinajstić information content (AvgIpc) is 3.11. The fraction of sp³-hybridized carbons (Fsp3) is 0.286. The Labute approximate surface area is 159 Å². The third kappa shape index (κ3) is 4.53. The van der Waals surface area contributed by atoms with Crippen LogP contribution in [0.15, 0.2) is 53.7 Å². The van der Waals surface area contributed by atoms with Gasteiger partial charge in [-0.3, -0.25) is 4.99 Å². The van der Waals surface area contributed by atoms with E-state index in [-0.39, 0.29) is 0 Å². The summed E-state index contributed by atoms with van der Waals surface area (Å²) in [4.78, 5) is 7.61. The van der Waals surface area contributed by atoms with Crippen LogP contribution in [0.3, 0.4) is 0 Å². The molecule has 0 amide bonds. The fourth-order valence-electron chi connectivity index (χ4n) is 2.99. The summed E-state index contributed by atoms with van der Waals surface area (Å²) in [6.45, 7) is 3.30. The van der Waals surface area contributed by atoms with E-state index in [2.05, 4.69) is 45.0 Å². The third-order valence-corrected chi connectivity index (χ3v) is 4.31. The molecule has 0 unspecified atom stereocenters. The number of H-pyrrole nitrogens is 1. The standard InChI is InChI=1S/C21H26N4O2/c1-4-27-20-13-16(9-10-19(20)26-3)25-21(22-2)23-12-11-15-14-24-18-8-6-5-7-17(15)18/h5-10,13-14,24H,4,11-12H2,1-3H3,(H2,22,23,25). The zero-order valence-corrected chi connectivity index (χ0v) is 16.0. The minimum absolute atomic E-state index is 0.581. The second-order valence-electron chi connectivity index (χ2n) is 6.03. The zero-order chi connectivity index (χ0) is 19.1. The summed E-state index contributed by atoms with van der Waals surface area (Å²) in [6, 6.07) is 14.1. The number of hydrogen-bond acceptors (Lipinski definition) is 3. The van der Waals surface area contributed by atoms with Gasteiger partial charge in [-0.15, -0.1) is 0 Å². The Kier molecular flexibility index (Phi) is 6.20. The Morgan fingerprint density at radius 1 is 1.15 bits per heavy atom. The molecule has 0 aliphatic carbocycles. The van der Waals surface area contributed by atoms with Crippen LogP contribution in [-0.4, -0.2) is 38.3 Å².